The van der Waals surface area contributed by atoms with E-state index in [9.17, 15) is 15.4 Å². The van der Waals surface area contributed by atoms with E-state index in [2.05, 4.69) is 6.07 Å². The van der Waals surface area contributed by atoms with Gasteiger partial charge in [0.05, 0.1) is 16.9 Å². The van der Waals surface area contributed by atoms with E-state index >= 15 is 0 Å². The summed E-state index contributed by atoms with van der Waals surface area (Å²) in [5.74, 6) is -0.426. The van der Waals surface area contributed by atoms with Crippen LogP contribution < -0.4 is 0 Å². The monoisotopic (exact) mass is 320 g/mol. The zero-order valence-electron chi connectivity index (χ0n) is 10.8. The fraction of sp³-hybridized carbons (Fsp3) is 0.133. The molecule has 0 amide bonds. The average molecular weight is 321 g/mol. The van der Waals surface area contributed by atoms with Crippen LogP contribution in [0.4, 0.5) is 5.69 Å². The van der Waals surface area contributed by atoms with E-state index in [1.165, 1.54) is 12.1 Å². The molecule has 0 spiro atoms. The Hall–Kier alpha value is -2.09. The largest absolute Gasteiger partial charge is 0.269 e. The predicted molar refractivity (Wildman–Crippen MR) is 81.6 cm³/mol. The molecule has 1 unspecified atom stereocenters. The maximum Gasteiger partial charge on any atom is 0.269 e. The lowest BCUT2D eigenvalue weighted by atomic mass is 9.93. The smallest absolute Gasteiger partial charge is 0.258 e. The molecule has 0 bridgehead atoms. The first-order valence-corrected chi connectivity index (χ1v) is 6.84. The van der Waals surface area contributed by atoms with Gasteiger partial charge >= 0.3 is 0 Å². The van der Waals surface area contributed by atoms with Gasteiger partial charge in [-0.15, -0.1) is 0 Å². The van der Waals surface area contributed by atoms with Crippen LogP contribution in [-0.4, -0.2) is 4.92 Å². The highest BCUT2D eigenvalue weighted by molar-refractivity contribution is 6.35. The number of hydrogen-bond acceptors (Lipinski definition) is 3. The molecule has 2 aromatic carbocycles. The Morgan fingerprint density at radius 2 is 1.86 bits per heavy atom. The summed E-state index contributed by atoms with van der Waals surface area (Å²) in [7, 11) is 0. The van der Waals surface area contributed by atoms with Crippen LogP contribution in [0.5, 0.6) is 0 Å². The van der Waals surface area contributed by atoms with Crippen molar-refractivity contribution in [2.45, 2.75) is 12.3 Å². The molecule has 6 heteroatoms. The molecule has 0 aliphatic heterocycles. The van der Waals surface area contributed by atoms with Crippen LogP contribution in [0, 0.1) is 21.4 Å². The summed E-state index contributed by atoms with van der Waals surface area (Å²) in [5, 5.41) is 21.0. The highest BCUT2D eigenvalue weighted by Crippen LogP contribution is 2.28. The van der Waals surface area contributed by atoms with Crippen molar-refractivity contribution in [2.75, 3.05) is 0 Å². The topological polar surface area (TPSA) is 66.9 Å². The molecule has 0 aromatic heterocycles. The Morgan fingerprint density at radius 3 is 2.38 bits per heavy atom. The summed E-state index contributed by atoms with van der Waals surface area (Å²) in [6.07, 6.45) is 0.421. The van der Waals surface area contributed by atoms with Crippen LogP contribution in [0.25, 0.3) is 0 Å². The Balaban J connectivity index is 2.24. The van der Waals surface area contributed by atoms with Crippen molar-refractivity contribution in [1.82, 2.24) is 0 Å². The number of nitrogens with zero attached hydrogens (tertiary/aromatic N) is 2. The van der Waals surface area contributed by atoms with Crippen molar-refractivity contribution >= 4 is 28.9 Å². The Labute approximate surface area is 131 Å². The minimum Gasteiger partial charge on any atom is -0.258 e. The van der Waals surface area contributed by atoms with E-state index in [1.807, 2.05) is 0 Å². The van der Waals surface area contributed by atoms with Gasteiger partial charge in [-0.1, -0.05) is 41.4 Å². The van der Waals surface area contributed by atoms with Crippen LogP contribution in [-0.2, 0) is 6.42 Å². The van der Waals surface area contributed by atoms with Crippen molar-refractivity contribution in [3.8, 4) is 6.07 Å². The normalized spacial score (nSPS) is 11.7. The third-order valence-corrected chi connectivity index (χ3v) is 3.69. The van der Waals surface area contributed by atoms with Crippen LogP contribution in [0.15, 0.2) is 42.5 Å². The second-order valence-corrected chi connectivity index (χ2v) is 5.31. The second kappa shape index (κ2) is 6.57. The van der Waals surface area contributed by atoms with E-state index in [0.717, 1.165) is 5.56 Å². The van der Waals surface area contributed by atoms with Crippen molar-refractivity contribution < 1.29 is 4.92 Å². The fourth-order valence-corrected chi connectivity index (χ4v) is 2.46. The minimum atomic E-state index is -0.471. The van der Waals surface area contributed by atoms with Crippen molar-refractivity contribution in [3.63, 3.8) is 0 Å². The zero-order valence-corrected chi connectivity index (χ0v) is 12.3. The van der Waals surface area contributed by atoms with Gasteiger partial charge in [-0.25, -0.2) is 0 Å². The number of rotatable bonds is 4. The Bertz CT molecular complexity index is 709. The van der Waals surface area contributed by atoms with E-state index in [0.29, 0.717) is 22.0 Å². The summed E-state index contributed by atoms with van der Waals surface area (Å²) in [4.78, 5) is 10.2. The molecule has 2 aromatic rings. The van der Waals surface area contributed by atoms with E-state index in [-0.39, 0.29) is 5.69 Å². The summed E-state index contributed by atoms with van der Waals surface area (Å²) >= 11 is 11.9. The molecule has 4 nitrogen and oxygen atoms in total. The summed E-state index contributed by atoms with van der Waals surface area (Å²) in [5.41, 5.74) is 1.53. The lowest BCUT2D eigenvalue weighted by Gasteiger charge is -2.11. The molecule has 2 rings (SSSR count). The van der Waals surface area contributed by atoms with Crippen molar-refractivity contribution in [3.05, 3.63) is 73.8 Å². The molecule has 21 heavy (non-hydrogen) atoms. The predicted octanol–water partition coefficient (Wildman–Crippen LogP) is 4.75. The number of nitro benzene ring substituents is 1. The Kier molecular flexibility index (Phi) is 4.79. The first-order chi connectivity index (χ1) is 10.0. The molecule has 0 radical (unpaired) electrons. The molecule has 0 fully saturated rings. The quantitative estimate of drug-likeness (QED) is 0.603. The lowest BCUT2D eigenvalue weighted by Crippen LogP contribution is -2.01. The van der Waals surface area contributed by atoms with Crippen LogP contribution in [0.1, 0.15) is 17.0 Å². The van der Waals surface area contributed by atoms with Gasteiger partial charge in [0.25, 0.3) is 5.69 Å². The van der Waals surface area contributed by atoms with E-state index in [1.54, 1.807) is 30.3 Å². The SMILES string of the molecule is N#CC(Cc1ccc(Cl)cc1Cl)c1ccc([N+](=O)[O-])cc1. The van der Waals surface area contributed by atoms with Gasteiger partial charge in [0.15, 0.2) is 0 Å². The highest BCUT2D eigenvalue weighted by Gasteiger charge is 2.15. The maximum absolute atomic E-state index is 10.6. The highest BCUT2D eigenvalue weighted by atomic mass is 35.5. The van der Waals surface area contributed by atoms with E-state index < -0.39 is 10.8 Å². The lowest BCUT2D eigenvalue weighted by molar-refractivity contribution is -0.384. The number of nitro groups is 1. The standard InChI is InChI=1S/C15H10Cl2N2O2/c16-13-4-1-11(15(17)8-13)7-12(9-18)10-2-5-14(6-3-10)19(20)21/h1-6,8,12H,7H2. The first-order valence-electron chi connectivity index (χ1n) is 6.09. The van der Waals surface area contributed by atoms with Crippen LogP contribution >= 0.6 is 23.2 Å². The fourth-order valence-electron chi connectivity index (χ4n) is 1.97. The molecule has 0 heterocycles. The molecule has 106 valence electrons. The Morgan fingerprint density at radius 1 is 1.19 bits per heavy atom. The average Bonchev–Trinajstić information content (AvgIpc) is 2.47. The van der Waals surface area contributed by atoms with Gasteiger partial charge in [-0.05, 0) is 29.7 Å². The molecule has 1 atom stereocenters. The zero-order chi connectivity index (χ0) is 15.4. The first kappa shape index (κ1) is 15.3. The molecule has 0 aliphatic rings. The third-order valence-electron chi connectivity index (χ3n) is 3.10. The van der Waals surface area contributed by atoms with Gasteiger partial charge in [0, 0.05) is 22.2 Å². The molecular weight excluding hydrogens is 311 g/mol. The molecule has 0 saturated heterocycles. The van der Waals surface area contributed by atoms with Gasteiger partial charge in [-0.3, -0.25) is 10.1 Å². The number of non-ortho nitro benzene ring substituents is 1. The van der Waals surface area contributed by atoms with Gasteiger partial charge in [0.2, 0.25) is 0 Å². The summed E-state index contributed by atoms with van der Waals surface area (Å²) < 4.78 is 0. The second-order valence-electron chi connectivity index (χ2n) is 4.47. The van der Waals surface area contributed by atoms with Crippen LogP contribution in [0.3, 0.4) is 0 Å². The third kappa shape index (κ3) is 3.72. The number of nitriles is 1. The van der Waals surface area contributed by atoms with Gasteiger partial charge < -0.3 is 0 Å². The van der Waals surface area contributed by atoms with Gasteiger partial charge in [0.1, 0.15) is 0 Å². The number of halogens is 2. The van der Waals surface area contributed by atoms with Crippen molar-refractivity contribution in [2.24, 2.45) is 0 Å². The summed E-state index contributed by atoms with van der Waals surface area (Å²) in [6, 6.07) is 13.3. The molecule has 0 saturated carbocycles. The number of benzene rings is 2. The minimum absolute atomic E-state index is 0.0000323. The van der Waals surface area contributed by atoms with Crippen LogP contribution in [0.2, 0.25) is 10.0 Å². The maximum atomic E-state index is 10.6. The number of hydrogen-bond donors (Lipinski definition) is 0. The molecular formula is C15H10Cl2N2O2. The van der Waals surface area contributed by atoms with Crippen molar-refractivity contribution in [1.29, 1.82) is 5.26 Å². The summed E-state index contributed by atoms with van der Waals surface area (Å²) in [6.45, 7) is 0. The van der Waals surface area contributed by atoms with Gasteiger partial charge in [-0.2, -0.15) is 5.26 Å². The van der Waals surface area contributed by atoms with E-state index in [4.69, 9.17) is 23.2 Å². The molecule has 0 N–H and O–H groups in total. The molecule has 0 aliphatic carbocycles.